The van der Waals surface area contributed by atoms with E-state index in [2.05, 4.69) is 54.7 Å². The molecule has 0 spiro atoms. The second-order valence-electron chi connectivity index (χ2n) is 7.13. The van der Waals surface area contributed by atoms with Crippen molar-refractivity contribution in [1.82, 2.24) is 5.32 Å². The van der Waals surface area contributed by atoms with Gasteiger partial charge in [0.2, 0.25) is 0 Å². The van der Waals surface area contributed by atoms with E-state index in [-0.39, 0.29) is 0 Å². The molecule has 0 saturated heterocycles. The Morgan fingerprint density at radius 2 is 1.90 bits per heavy atom. The molecule has 110 valence electrons. The van der Waals surface area contributed by atoms with Crippen molar-refractivity contribution in [3.05, 3.63) is 48.0 Å². The highest BCUT2D eigenvalue weighted by atomic mass is 14.9. The van der Waals surface area contributed by atoms with Crippen LogP contribution in [-0.2, 0) is 0 Å². The van der Waals surface area contributed by atoms with Crippen molar-refractivity contribution in [2.75, 3.05) is 6.54 Å². The van der Waals surface area contributed by atoms with Crippen LogP contribution in [0.2, 0.25) is 0 Å². The second kappa shape index (κ2) is 5.46. The molecule has 1 nitrogen and oxygen atoms in total. The number of rotatable bonds is 4. The highest BCUT2D eigenvalue weighted by Crippen LogP contribution is 2.48. The number of nitrogens with one attached hydrogen (secondary N) is 1. The molecule has 4 atom stereocenters. The highest BCUT2D eigenvalue weighted by molar-refractivity contribution is 5.86. The third-order valence-corrected chi connectivity index (χ3v) is 5.86. The minimum atomic E-state index is 0.440. The highest BCUT2D eigenvalue weighted by Gasteiger charge is 2.39. The first-order valence-corrected chi connectivity index (χ1v) is 8.52. The molecule has 2 aliphatic rings. The Bertz CT molecular complexity index is 627. The summed E-state index contributed by atoms with van der Waals surface area (Å²) in [6.07, 6.45) is 5.97. The molecule has 21 heavy (non-hydrogen) atoms. The van der Waals surface area contributed by atoms with Gasteiger partial charge in [-0.1, -0.05) is 48.9 Å². The van der Waals surface area contributed by atoms with Crippen LogP contribution in [0.4, 0.5) is 0 Å². The van der Waals surface area contributed by atoms with E-state index in [1.54, 1.807) is 0 Å². The molecule has 4 unspecified atom stereocenters. The van der Waals surface area contributed by atoms with Gasteiger partial charge in [-0.15, -0.1) is 0 Å². The molecule has 4 rings (SSSR count). The van der Waals surface area contributed by atoms with E-state index in [1.165, 1.54) is 48.6 Å². The van der Waals surface area contributed by atoms with Gasteiger partial charge in [-0.05, 0) is 66.8 Å². The summed E-state index contributed by atoms with van der Waals surface area (Å²) < 4.78 is 0. The van der Waals surface area contributed by atoms with Gasteiger partial charge in [-0.25, -0.2) is 0 Å². The first kappa shape index (κ1) is 13.3. The third-order valence-electron chi connectivity index (χ3n) is 5.86. The maximum absolute atomic E-state index is 3.82. The van der Waals surface area contributed by atoms with Crippen LogP contribution in [0.25, 0.3) is 10.8 Å². The Balaban J connectivity index is 1.47. The van der Waals surface area contributed by atoms with Gasteiger partial charge < -0.3 is 5.32 Å². The Morgan fingerprint density at radius 1 is 1.05 bits per heavy atom. The van der Waals surface area contributed by atoms with E-state index in [9.17, 15) is 0 Å². The summed E-state index contributed by atoms with van der Waals surface area (Å²) in [5.41, 5.74) is 1.44. The molecule has 2 aliphatic carbocycles. The lowest BCUT2D eigenvalue weighted by Crippen LogP contribution is -2.28. The van der Waals surface area contributed by atoms with Crippen molar-refractivity contribution in [3.63, 3.8) is 0 Å². The summed E-state index contributed by atoms with van der Waals surface area (Å²) >= 11 is 0. The topological polar surface area (TPSA) is 12.0 Å². The molecule has 2 fully saturated rings. The Hall–Kier alpha value is -1.34. The third kappa shape index (κ3) is 2.48. The van der Waals surface area contributed by atoms with Gasteiger partial charge in [-0.3, -0.25) is 0 Å². The minimum absolute atomic E-state index is 0.440. The number of hydrogen-bond donors (Lipinski definition) is 1. The zero-order valence-electron chi connectivity index (χ0n) is 12.9. The second-order valence-corrected chi connectivity index (χ2v) is 7.13. The zero-order chi connectivity index (χ0) is 14.2. The van der Waals surface area contributed by atoms with Gasteiger partial charge in [0.05, 0.1) is 0 Å². The normalized spacial score (nSPS) is 29.1. The quantitative estimate of drug-likeness (QED) is 0.837. The molecule has 0 amide bonds. The van der Waals surface area contributed by atoms with Crippen molar-refractivity contribution >= 4 is 10.8 Å². The summed E-state index contributed by atoms with van der Waals surface area (Å²) in [5, 5.41) is 6.56. The van der Waals surface area contributed by atoms with E-state index < -0.39 is 0 Å². The van der Waals surface area contributed by atoms with E-state index in [0.717, 1.165) is 17.8 Å². The van der Waals surface area contributed by atoms with Crippen LogP contribution in [0, 0.1) is 17.8 Å². The molecule has 2 aromatic carbocycles. The first-order valence-electron chi connectivity index (χ1n) is 8.52. The van der Waals surface area contributed by atoms with Crippen molar-refractivity contribution in [2.45, 2.75) is 38.6 Å². The average Bonchev–Trinajstić information content (AvgIpc) is 3.15. The number of fused-ring (bicyclic) bond motifs is 3. The summed E-state index contributed by atoms with van der Waals surface area (Å²) in [7, 11) is 0. The minimum Gasteiger partial charge on any atom is -0.310 e. The fraction of sp³-hybridized carbons (Fsp3) is 0.500. The van der Waals surface area contributed by atoms with Crippen LogP contribution >= 0.6 is 0 Å². The fourth-order valence-corrected chi connectivity index (χ4v) is 4.69. The number of benzene rings is 2. The van der Waals surface area contributed by atoms with Crippen LogP contribution in [-0.4, -0.2) is 6.54 Å². The SMILES string of the molecule is CC(NCC1CC2CCC1C2)c1cccc2ccccc12. The van der Waals surface area contributed by atoms with E-state index in [0.29, 0.717) is 6.04 Å². The fourth-order valence-electron chi connectivity index (χ4n) is 4.69. The first-order chi connectivity index (χ1) is 10.3. The van der Waals surface area contributed by atoms with Gasteiger partial charge >= 0.3 is 0 Å². The molecule has 1 N–H and O–H groups in total. The van der Waals surface area contributed by atoms with Gasteiger partial charge in [0.1, 0.15) is 0 Å². The maximum Gasteiger partial charge on any atom is 0.0298 e. The van der Waals surface area contributed by atoms with Crippen LogP contribution in [0.3, 0.4) is 0 Å². The smallest absolute Gasteiger partial charge is 0.0298 e. The molecular formula is C20H25N. The Morgan fingerprint density at radius 3 is 2.71 bits per heavy atom. The summed E-state index contributed by atoms with van der Waals surface area (Å²) in [6, 6.07) is 15.8. The van der Waals surface area contributed by atoms with Crippen molar-refractivity contribution in [3.8, 4) is 0 Å². The van der Waals surface area contributed by atoms with E-state index >= 15 is 0 Å². The maximum atomic E-state index is 3.82. The zero-order valence-corrected chi connectivity index (χ0v) is 12.9. The summed E-state index contributed by atoms with van der Waals surface area (Å²) in [5.74, 6) is 3.00. The average molecular weight is 279 g/mol. The Kier molecular flexibility index (Phi) is 3.46. The summed E-state index contributed by atoms with van der Waals surface area (Å²) in [4.78, 5) is 0. The molecule has 0 aromatic heterocycles. The van der Waals surface area contributed by atoms with Crippen molar-refractivity contribution in [2.24, 2.45) is 17.8 Å². The Labute approximate surface area is 127 Å². The largest absolute Gasteiger partial charge is 0.310 e. The molecule has 0 aliphatic heterocycles. The monoisotopic (exact) mass is 279 g/mol. The molecule has 0 heterocycles. The van der Waals surface area contributed by atoms with Crippen LogP contribution in [0.5, 0.6) is 0 Å². The number of hydrogen-bond acceptors (Lipinski definition) is 1. The van der Waals surface area contributed by atoms with Gasteiger partial charge in [0.15, 0.2) is 0 Å². The van der Waals surface area contributed by atoms with Crippen molar-refractivity contribution < 1.29 is 0 Å². The molecule has 1 heteroatoms. The van der Waals surface area contributed by atoms with Gasteiger partial charge in [0.25, 0.3) is 0 Å². The van der Waals surface area contributed by atoms with Crippen molar-refractivity contribution in [1.29, 1.82) is 0 Å². The molecular weight excluding hydrogens is 254 g/mol. The standard InChI is InChI=1S/C20H25N/c1-14(21-13-18-12-15-9-10-17(18)11-15)19-8-4-6-16-5-2-3-7-20(16)19/h2-8,14-15,17-18,21H,9-13H2,1H3. The van der Waals surface area contributed by atoms with Crippen LogP contribution in [0.1, 0.15) is 44.2 Å². The lowest BCUT2D eigenvalue weighted by atomic mass is 9.88. The lowest BCUT2D eigenvalue weighted by molar-refractivity contribution is 0.309. The van der Waals surface area contributed by atoms with Crippen LogP contribution in [0.15, 0.2) is 42.5 Å². The summed E-state index contributed by atoms with van der Waals surface area (Å²) in [6.45, 7) is 3.51. The predicted molar refractivity (Wildman–Crippen MR) is 89.3 cm³/mol. The molecule has 2 bridgehead atoms. The predicted octanol–water partition coefficient (Wildman–Crippen LogP) is 4.93. The molecule has 0 radical (unpaired) electrons. The molecule has 2 saturated carbocycles. The van der Waals surface area contributed by atoms with Gasteiger partial charge in [-0.2, -0.15) is 0 Å². The van der Waals surface area contributed by atoms with E-state index in [1.807, 2.05) is 0 Å². The molecule has 2 aromatic rings. The van der Waals surface area contributed by atoms with E-state index in [4.69, 9.17) is 0 Å². The van der Waals surface area contributed by atoms with Crippen LogP contribution < -0.4 is 5.32 Å². The van der Waals surface area contributed by atoms with Gasteiger partial charge in [0, 0.05) is 6.04 Å². The lowest BCUT2D eigenvalue weighted by Gasteiger charge is -2.25.